The Labute approximate surface area is 193 Å². The number of ether oxygens (including phenoxy) is 1. The van der Waals surface area contributed by atoms with Crippen molar-refractivity contribution in [1.29, 1.82) is 0 Å². The van der Waals surface area contributed by atoms with Gasteiger partial charge in [0.1, 0.15) is 5.75 Å². The molecule has 1 aliphatic rings. The van der Waals surface area contributed by atoms with Crippen LogP contribution in [0.15, 0.2) is 67.0 Å². The van der Waals surface area contributed by atoms with Crippen molar-refractivity contribution in [1.82, 2.24) is 19.4 Å². The Morgan fingerprint density at radius 1 is 0.969 bits per heavy atom. The van der Waals surface area contributed by atoms with Gasteiger partial charge in [-0.15, -0.1) is 11.3 Å². The van der Waals surface area contributed by atoms with E-state index in [1.165, 1.54) is 16.0 Å². The molecular formula is C26H30N4OS. The Kier molecular flexibility index (Phi) is 6.53. The van der Waals surface area contributed by atoms with E-state index in [-0.39, 0.29) is 0 Å². The molecule has 0 saturated carbocycles. The quantitative estimate of drug-likeness (QED) is 0.357. The lowest BCUT2D eigenvalue weighted by atomic mass is 10.2. The molecule has 1 fully saturated rings. The number of benzene rings is 2. The van der Waals surface area contributed by atoms with Crippen LogP contribution in [0.3, 0.4) is 0 Å². The summed E-state index contributed by atoms with van der Waals surface area (Å²) in [5, 5.41) is 1.10. The summed E-state index contributed by atoms with van der Waals surface area (Å²) in [5.74, 6) is 0.926. The molecule has 2 aromatic carbocycles. The fraction of sp³-hybridized carbons (Fsp3) is 0.346. The van der Waals surface area contributed by atoms with Gasteiger partial charge in [0.05, 0.1) is 21.8 Å². The summed E-state index contributed by atoms with van der Waals surface area (Å²) in [7, 11) is 0. The molecule has 32 heavy (non-hydrogen) atoms. The number of aromatic nitrogens is 2. The van der Waals surface area contributed by atoms with Gasteiger partial charge in [-0.05, 0) is 49.2 Å². The SMILES string of the molecule is Cc1nc2cc(OCCCN3CCN(Cc4ccn(-c5ccccc5)c4)CC3)ccc2s1. The first-order valence-corrected chi connectivity index (χ1v) is 12.2. The van der Waals surface area contributed by atoms with Crippen LogP contribution in [-0.4, -0.2) is 58.7 Å². The number of nitrogens with zero attached hydrogens (tertiary/aromatic N) is 4. The monoisotopic (exact) mass is 446 g/mol. The number of hydrogen-bond acceptors (Lipinski definition) is 5. The minimum Gasteiger partial charge on any atom is -0.493 e. The second kappa shape index (κ2) is 9.86. The van der Waals surface area contributed by atoms with Crippen molar-refractivity contribution >= 4 is 21.6 Å². The highest BCUT2D eigenvalue weighted by molar-refractivity contribution is 7.18. The van der Waals surface area contributed by atoms with E-state index in [1.54, 1.807) is 11.3 Å². The maximum Gasteiger partial charge on any atom is 0.121 e. The zero-order valence-corrected chi connectivity index (χ0v) is 19.4. The third kappa shape index (κ3) is 5.21. The van der Waals surface area contributed by atoms with E-state index in [2.05, 4.69) is 86.3 Å². The minimum atomic E-state index is 0.752. The van der Waals surface area contributed by atoms with Gasteiger partial charge < -0.3 is 14.2 Å². The normalized spacial score (nSPS) is 15.4. The number of rotatable bonds is 8. The highest BCUT2D eigenvalue weighted by Gasteiger charge is 2.17. The Bertz CT molecular complexity index is 1150. The zero-order valence-electron chi connectivity index (χ0n) is 18.6. The van der Waals surface area contributed by atoms with E-state index in [9.17, 15) is 0 Å². The molecule has 1 saturated heterocycles. The Balaban J connectivity index is 1.02. The van der Waals surface area contributed by atoms with E-state index in [4.69, 9.17) is 4.74 Å². The highest BCUT2D eigenvalue weighted by atomic mass is 32.1. The molecule has 0 aliphatic carbocycles. The van der Waals surface area contributed by atoms with Crippen molar-refractivity contribution in [3.8, 4) is 11.4 Å². The molecule has 0 amide bonds. The molecule has 3 heterocycles. The van der Waals surface area contributed by atoms with E-state index >= 15 is 0 Å². The summed E-state index contributed by atoms with van der Waals surface area (Å²) < 4.78 is 9.41. The van der Waals surface area contributed by atoms with Gasteiger partial charge in [-0.1, -0.05) is 18.2 Å². The highest BCUT2D eigenvalue weighted by Crippen LogP contribution is 2.25. The lowest BCUT2D eigenvalue weighted by Crippen LogP contribution is -2.46. The van der Waals surface area contributed by atoms with Gasteiger partial charge in [0.15, 0.2) is 0 Å². The Hall–Kier alpha value is -2.67. The molecule has 4 aromatic rings. The first-order valence-electron chi connectivity index (χ1n) is 11.4. The maximum atomic E-state index is 5.98. The maximum absolute atomic E-state index is 5.98. The van der Waals surface area contributed by atoms with Crippen LogP contribution in [-0.2, 0) is 6.54 Å². The van der Waals surface area contributed by atoms with Crippen LogP contribution in [0, 0.1) is 6.92 Å². The molecule has 166 valence electrons. The lowest BCUT2D eigenvalue weighted by Gasteiger charge is -2.34. The molecule has 0 bridgehead atoms. The second-order valence-corrected chi connectivity index (χ2v) is 9.68. The summed E-state index contributed by atoms with van der Waals surface area (Å²) in [4.78, 5) is 9.67. The molecule has 2 aromatic heterocycles. The van der Waals surface area contributed by atoms with Gasteiger partial charge in [0.2, 0.25) is 0 Å². The number of hydrogen-bond donors (Lipinski definition) is 0. The number of fused-ring (bicyclic) bond motifs is 1. The molecule has 5 rings (SSSR count). The van der Waals surface area contributed by atoms with Crippen molar-refractivity contribution in [2.45, 2.75) is 19.9 Å². The predicted molar refractivity (Wildman–Crippen MR) is 132 cm³/mol. The van der Waals surface area contributed by atoms with E-state index < -0.39 is 0 Å². The number of para-hydroxylation sites is 1. The molecule has 0 spiro atoms. The summed E-state index contributed by atoms with van der Waals surface area (Å²) >= 11 is 1.73. The smallest absolute Gasteiger partial charge is 0.121 e. The van der Waals surface area contributed by atoms with E-state index in [0.717, 1.165) is 68.6 Å². The number of piperazine rings is 1. The van der Waals surface area contributed by atoms with Crippen molar-refractivity contribution in [2.24, 2.45) is 0 Å². The summed E-state index contributed by atoms with van der Waals surface area (Å²) in [6, 6.07) is 19.0. The fourth-order valence-electron chi connectivity index (χ4n) is 4.31. The standard InChI is InChI=1S/C26H30N4OS/c1-21-27-25-18-24(8-9-26(25)32-21)31-17-5-11-28-13-15-29(16-14-28)19-22-10-12-30(20-22)23-6-3-2-4-7-23/h2-4,6-10,12,18,20H,5,11,13-17,19H2,1H3. The molecule has 1 aliphatic heterocycles. The summed E-state index contributed by atoms with van der Waals surface area (Å²) in [6.45, 7) is 9.42. The Morgan fingerprint density at radius 2 is 1.78 bits per heavy atom. The van der Waals surface area contributed by atoms with Gasteiger partial charge >= 0.3 is 0 Å². The van der Waals surface area contributed by atoms with Crippen LogP contribution in [0.1, 0.15) is 17.0 Å². The van der Waals surface area contributed by atoms with Crippen LogP contribution < -0.4 is 4.74 Å². The zero-order chi connectivity index (χ0) is 21.8. The largest absolute Gasteiger partial charge is 0.493 e. The van der Waals surface area contributed by atoms with Crippen LogP contribution >= 0.6 is 11.3 Å². The van der Waals surface area contributed by atoms with Crippen molar-refractivity contribution < 1.29 is 4.74 Å². The molecule has 0 atom stereocenters. The summed E-state index contributed by atoms with van der Waals surface area (Å²) in [6.07, 6.45) is 5.46. The van der Waals surface area contributed by atoms with E-state index in [0.29, 0.717) is 0 Å². The lowest BCUT2D eigenvalue weighted by molar-refractivity contribution is 0.121. The molecule has 0 radical (unpaired) electrons. The molecule has 0 N–H and O–H groups in total. The third-order valence-electron chi connectivity index (χ3n) is 6.03. The number of aryl methyl sites for hydroxylation is 1. The number of thiazole rings is 1. The van der Waals surface area contributed by atoms with Gasteiger partial charge in [-0.25, -0.2) is 4.98 Å². The second-order valence-electron chi connectivity index (χ2n) is 8.44. The van der Waals surface area contributed by atoms with E-state index in [1.807, 2.05) is 6.92 Å². The van der Waals surface area contributed by atoms with Gasteiger partial charge in [0.25, 0.3) is 0 Å². The molecule has 0 unspecified atom stereocenters. The van der Waals surface area contributed by atoms with Crippen LogP contribution in [0.25, 0.3) is 15.9 Å². The Morgan fingerprint density at radius 3 is 2.62 bits per heavy atom. The van der Waals surface area contributed by atoms with Crippen molar-refractivity contribution in [3.63, 3.8) is 0 Å². The molecular weight excluding hydrogens is 416 g/mol. The average Bonchev–Trinajstić information content (AvgIpc) is 3.43. The molecule has 6 heteroatoms. The van der Waals surface area contributed by atoms with Gasteiger partial charge in [-0.3, -0.25) is 4.90 Å². The van der Waals surface area contributed by atoms with Crippen LogP contribution in [0.4, 0.5) is 0 Å². The molecule has 5 nitrogen and oxygen atoms in total. The topological polar surface area (TPSA) is 33.5 Å². The average molecular weight is 447 g/mol. The first kappa shape index (κ1) is 21.2. The first-order chi connectivity index (χ1) is 15.7. The van der Waals surface area contributed by atoms with Crippen LogP contribution in [0.5, 0.6) is 5.75 Å². The summed E-state index contributed by atoms with van der Waals surface area (Å²) in [5.41, 5.74) is 3.63. The predicted octanol–water partition coefficient (Wildman–Crippen LogP) is 4.98. The van der Waals surface area contributed by atoms with Gasteiger partial charge in [0, 0.05) is 63.4 Å². The fourth-order valence-corrected chi connectivity index (χ4v) is 5.12. The van der Waals surface area contributed by atoms with Crippen LogP contribution in [0.2, 0.25) is 0 Å². The minimum absolute atomic E-state index is 0.752. The third-order valence-corrected chi connectivity index (χ3v) is 6.98. The van der Waals surface area contributed by atoms with Crippen molar-refractivity contribution in [2.75, 3.05) is 39.3 Å². The van der Waals surface area contributed by atoms with Gasteiger partial charge in [-0.2, -0.15) is 0 Å². The van der Waals surface area contributed by atoms with Crippen molar-refractivity contribution in [3.05, 3.63) is 77.6 Å².